The maximum atomic E-state index is 11.0. The van der Waals surface area contributed by atoms with Crippen LogP contribution in [0.15, 0.2) is 12.2 Å². The molecule has 12 heavy (non-hydrogen) atoms. The van der Waals surface area contributed by atoms with E-state index in [1.807, 2.05) is 23.5 Å². The van der Waals surface area contributed by atoms with Gasteiger partial charge in [0, 0.05) is 12.3 Å². The molecule has 0 N–H and O–H groups in total. The number of allylic oxidation sites excluding steroid dienone is 2. The van der Waals surface area contributed by atoms with Crippen LogP contribution in [-0.4, -0.2) is 21.9 Å². The van der Waals surface area contributed by atoms with E-state index in [1.165, 1.54) is 17.9 Å². The smallest absolute Gasteiger partial charge is 0.156 e. The minimum atomic E-state index is 0.312. The Labute approximate surface area is 81.4 Å². The third-order valence-corrected chi connectivity index (χ3v) is 5.39. The second-order valence-corrected chi connectivity index (χ2v) is 5.95. The van der Waals surface area contributed by atoms with Crippen molar-refractivity contribution in [1.82, 2.24) is 0 Å². The van der Waals surface area contributed by atoms with Crippen LogP contribution >= 0.6 is 23.5 Å². The van der Waals surface area contributed by atoms with Crippen LogP contribution < -0.4 is 0 Å². The Hall–Kier alpha value is 0.110. The van der Waals surface area contributed by atoms with Crippen LogP contribution in [0.3, 0.4) is 0 Å². The van der Waals surface area contributed by atoms with Crippen molar-refractivity contribution in [3.63, 3.8) is 0 Å². The lowest BCUT2D eigenvalue weighted by molar-refractivity contribution is -0.114. The number of carbonyl (C=O) groups excluding carboxylic acids is 1. The lowest BCUT2D eigenvalue weighted by Crippen LogP contribution is -2.15. The predicted molar refractivity (Wildman–Crippen MR) is 55.6 cm³/mol. The highest BCUT2D eigenvalue weighted by Crippen LogP contribution is 2.39. The van der Waals surface area contributed by atoms with Gasteiger partial charge in [-0.15, -0.1) is 23.5 Å². The molecule has 66 valence electrons. The van der Waals surface area contributed by atoms with Gasteiger partial charge in [-0.05, 0) is 24.0 Å². The van der Waals surface area contributed by atoms with E-state index < -0.39 is 0 Å². The van der Waals surface area contributed by atoms with Crippen molar-refractivity contribution in [2.24, 2.45) is 5.92 Å². The van der Waals surface area contributed by atoms with Gasteiger partial charge >= 0.3 is 0 Å². The summed E-state index contributed by atoms with van der Waals surface area (Å²) in [4.78, 5) is 11.0. The van der Waals surface area contributed by atoms with Gasteiger partial charge < -0.3 is 0 Å². The average molecular weight is 200 g/mol. The molecule has 1 aliphatic heterocycles. The van der Waals surface area contributed by atoms with Gasteiger partial charge in [0.15, 0.2) is 5.78 Å². The Morgan fingerprint density at radius 3 is 2.67 bits per heavy atom. The summed E-state index contributed by atoms with van der Waals surface area (Å²) in [6, 6.07) is 0. The van der Waals surface area contributed by atoms with Gasteiger partial charge in [0.25, 0.3) is 0 Å². The summed E-state index contributed by atoms with van der Waals surface area (Å²) >= 11 is 4.04. The standard InChI is InChI=1S/C9H12OS2/c10-8-3-2-7(6-8)9-11-4-1-5-12-9/h2-3,7,9H,1,4-6H2. The molecular weight excluding hydrogens is 188 g/mol. The zero-order chi connectivity index (χ0) is 8.39. The van der Waals surface area contributed by atoms with E-state index in [1.54, 1.807) is 6.08 Å². The SMILES string of the molecule is O=C1C=CC(C2SCCCS2)C1. The van der Waals surface area contributed by atoms with E-state index in [0.717, 1.165) is 6.42 Å². The Balaban J connectivity index is 1.91. The summed E-state index contributed by atoms with van der Waals surface area (Å²) in [5.74, 6) is 3.38. The van der Waals surface area contributed by atoms with E-state index in [2.05, 4.69) is 6.08 Å². The molecule has 1 aliphatic carbocycles. The van der Waals surface area contributed by atoms with Crippen LogP contribution in [0.25, 0.3) is 0 Å². The molecule has 3 heteroatoms. The number of rotatable bonds is 1. The predicted octanol–water partition coefficient (Wildman–Crippen LogP) is 2.33. The number of hydrogen-bond acceptors (Lipinski definition) is 3. The molecule has 2 rings (SSSR count). The van der Waals surface area contributed by atoms with Crippen molar-refractivity contribution in [2.75, 3.05) is 11.5 Å². The molecule has 1 fully saturated rings. The maximum absolute atomic E-state index is 11.0. The summed E-state index contributed by atoms with van der Waals surface area (Å²) in [6.07, 6.45) is 5.93. The third kappa shape index (κ3) is 1.88. The number of carbonyl (C=O) groups is 1. The molecule has 0 amide bonds. The molecule has 0 spiro atoms. The Bertz CT molecular complexity index is 207. The van der Waals surface area contributed by atoms with Gasteiger partial charge in [-0.25, -0.2) is 0 Å². The normalized spacial score (nSPS) is 31.3. The topological polar surface area (TPSA) is 17.1 Å². The molecule has 0 aromatic rings. The summed E-state index contributed by atoms with van der Waals surface area (Å²) in [7, 11) is 0. The zero-order valence-corrected chi connectivity index (χ0v) is 8.50. The van der Waals surface area contributed by atoms with E-state index in [9.17, 15) is 4.79 Å². The molecule has 0 radical (unpaired) electrons. The van der Waals surface area contributed by atoms with E-state index in [4.69, 9.17) is 0 Å². The van der Waals surface area contributed by atoms with Crippen LogP contribution in [0.1, 0.15) is 12.8 Å². The molecule has 1 atom stereocenters. The molecule has 0 aromatic heterocycles. The Morgan fingerprint density at radius 1 is 1.33 bits per heavy atom. The minimum absolute atomic E-state index is 0.312. The first-order chi connectivity index (χ1) is 5.86. The lowest BCUT2D eigenvalue weighted by Gasteiger charge is -2.24. The molecule has 1 unspecified atom stereocenters. The third-order valence-electron chi connectivity index (χ3n) is 2.17. The monoisotopic (exact) mass is 200 g/mol. The van der Waals surface area contributed by atoms with E-state index in [-0.39, 0.29) is 0 Å². The molecule has 1 saturated heterocycles. The fraction of sp³-hybridized carbons (Fsp3) is 0.667. The first-order valence-electron chi connectivity index (χ1n) is 4.30. The van der Waals surface area contributed by atoms with Crippen LogP contribution in [0.2, 0.25) is 0 Å². The van der Waals surface area contributed by atoms with Crippen LogP contribution in [0.5, 0.6) is 0 Å². The minimum Gasteiger partial charge on any atom is -0.295 e. The average Bonchev–Trinajstić information content (AvgIpc) is 2.54. The van der Waals surface area contributed by atoms with Crippen molar-refractivity contribution >= 4 is 29.3 Å². The second kappa shape index (κ2) is 3.88. The molecular formula is C9H12OS2. The Kier molecular flexibility index (Phi) is 2.81. The first kappa shape index (κ1) is 8.70. The van der Waals surface area contributed by atoms with Gasteiger partial charge in [-0.3, -0.25) is 4.79 Å². The zero-order valence-electron chi connectivity index (χ0n) is 6.86. The summed E-state index contributed by atoms with van der Waals surface area (Å²) in [5, 5.41) is 0. The maximum Gasteiger partial charge on any atom is 0.156 e. The van der Waals surface area contributed by atoms with Crippen molar-refractivity contribution in [3.8, 4) is 0 Å². The van der Waals surface area contributed by atoms with E-state index >= 15 is 0 Å². The van der Waals surface area contributed by atoms with Gasteiger partial charge in [-0.2, -0.15) is 0 Å². The first-order valence-corrected chi connectivity index (χ1v) is 6.40. The van der Waals surface area contributed by atoms with Gasteiger partial charge in [-0.1, -0.05) is 6.08 Å². The summed E-state index contributed by atoms with van der Waals surface area (Å²) < 4.78 is 0.654. The lowest BCUT2D eigenvalue weighted by atomic mass is 10.1. The quantitative estimate of drug-likeness (QED) is 0.646. The van der Waals surface area contributed by atoms with Crippen molar-refractivity contribution in [1.29, 1.82) is 0 Å². The van der Waals surface area contributed by atoms with Crippen molar-refractivity contribution in [2.45, 2.75) is 17.4 Å². The highest BCUT2D eigenvalue weighted by atomic mass is 32.2. The van der Waals surface area contributed by atoms with Crippen LogP contribution in [-0.2, 0) is 4.79 Å². The van der Waals surface area contributed by atoms with E-state index in [0.29, 0.717) is 16.3 Å². The fourth-order valence-electron chi connectivity index (χ4n) is 1.54. The number of ketones is 1. The van der Waals surface area contributed by atoms with Crippen LogP contribution in [0, 0.1) is 5.92 Å². The molecule has 0 saturated carbocycles. The second-order valence-electron chi connectivity index (χ2n) is 3.16. The molecule has 2 aliphatic rings. The fourth-order valence-corrected chi connectivity index (χ4v) is 4.64. The Morgan fingerprint density at radius 2 is 2.08 bits per heavy atom. The molecule has 0 bridgehead atoms. The molecule has 0 aromatic carbocycles. The van der Waals surface area contributed by atoms with Crippen molar-refractivity contribution < 1.29 is 4.79 Å². The molecule has 1 nitrogen and oxygen atoms in total. The van der Waals surface area contributed by atoms with Gasteiger partial charge in [0.05, 0.1) is 4.58 Å². The largest absolute Gasteiger partial charge is 0.295 e. The highest BCUT2D eigenvalue weighted by Gasteiger charge is 2.27. The number of thioether (sulfide) groups is 2. The highest BCUT2D eigenvalue weighted by molar-refractivity contribution is 8.17. The summed E-state index contributed by atoms with van der Waals surface area (Å²) in [5.41, 5.74) is 0. The van der Waals surface area contributed by atoms with Crippen molar-refractivity contribution in [3.05, 3.63) is 12.2 Å². The molecule has 1 heterocycles. The van der Waals surface area contributed by atoms with Gasteiger partial charge in [0.2, 0.25) is 0 Å². The summed E-state index contributed by atoms with van der Waals surface area (Å²) in [6.45, 7) is 0. The number of hydrogen-bond donors (Lipinski definition) is 0. The van der Waals surface area contributed by atoms with Gasteiger partial charge in [0.1, 0.15) is 0 Å². The van der Waals surface area contributed by atoms with Crippen LogP contribution in [0.4, 0.5) is 0 Å².